The monoisotopic (exact) mass is 447 g/mol. The molecule has 1 amide bonds. The molecule has 2 aliphatic rings. The summed E-state index contributed by atoms with van der Waals surface area (Å²) >= 11 is 12.2. The topological polar surface area (TPSA) is 54.5 Å². The SMILES string of the molecule is O=C(N[C@H](c1ccccn1)[C@H]1CCCN(Cc2ccc(Cl)c(Cl)c2)C1)[C@H]1CCCO1. The van der Waals surface area contributed by atoms with Crippen LogP contribution in [0.15, 0.2) is 42.6 Å². The fourth-order valence-electron chi connectivity index (χ4n) is 4.43. The van der Waals surface area contributed by atoms with Gasteiger partial charge in [-0.2, -0.15) is 0 Å². The number of benzene rings is 1. The summed E-state index contributed by atoms with van der Waals surface area (Å²) in [6.45, 7) is 3.37. The molecule has 5 nitrogen and oxygen atoms in total. The van der Waals surface area contributed by atoms with Gasteiger partial charge < -0.3 is 10.1 Å². The van der Waals surface area contributed by atoms with E-state index in [2.05, 4.69) is 15.2 Å². The Hall–Kier alpha value is -1.66. The molecule has 0 radical (unpaired) electrons. The summed E-state index contributed by atoms with van der Waals surface area (Å²) in [5.41, 5.74) is 2.05. The molecule has 0 saturated carbocycles. The molecule has 0 aliphatic carbocycles. The number of nitrogens with zero attached hydrogens (tertiary/aromatic N) is 2. The smallest absolute Gasteiger partial charge is 0.249 e. The molecule has 0 spiro atoms. The van der Waals surface area contributed by atoms with Crippen LogP contribution in [0.4, 0.5) is 0 Å². The van der Waals surface area contributed by atoms with Crippen molar-refractivity contribution in [1.29, 1.82) is 0 Å². The molecule has 160 valence electrons. The van der Waals surface area contributed by atoms with Gasteiger partial charge >= 0.3 is 0 Å². The molecule has 0 bridgehead atoms. The minimum Gasteiger partial charge on any atom is -0.368 e. The van der Waals surface area contributed by atoms with Crippen LogP contribution in [0, 0.1) is 5.92 Å². The van der Waals surface area contributed by atoms with Gasteiger partial charge in [0.15, 0.2) is 0 Å². The van der Waals surface area contributed by atoms with E-state index in [-0.39, 0.29) is 24.0 Å². The van der Waals surface area contributed by atoms with Crippen LogP contribution in [0.1, 0.15) is 43.0 Å². The van der Waals surface area contributed by atoms with Crippen molar-refractivity contribution in [2.45, 2.75) is 44.4 Å². The lowest BCUT2D eigenvalue weighted by Gasteiger charge is -2.37. The molecule has 2 saturated heterocycles. The minimum atomic E-state index is -0.341. The van der Waals surface area contributed by atoms with Crippen molar-refractivity contribution in [3.63, 3.8) is 0 Å². The van der Waals surface area contributed by atoms with Gasteiger partial charge in [0, 0.05) is 25.9 Å². The summed E-state index contributed by atoms with van der Waals surface area (Å²) in [7, 11) is 0. The zero-order chi connectivity index (χ0) is 20.9. The van der Waals surface area contributed by atoms with Gasteiger partial charge in [-0.05, 0) is 68.0 Å². The Bertz CT molecular complexity index is 859. The summed E-state index contributed by atoms with van der Waals surface area (Å²) in [6.07, 6.45) is 5.29. The second-order valence-electron chi connectivity index (χ2n) is 8.13. The van der Waals surface area contributed by atoms with Gasteiger partial charge in [0.1, 0.15) is 6.10 Å². The summed E-state index contributed by atoms with van der Waals surface area (Å²) < 4.78 is 5.59. The maximum Gasteiger partial charge on any atom is 0.249 e. The number of aromatic nitrogens is 1. The summed E-state index contributed by atoms with van der Waals surface area (Å²) in [5.74, 6) is 0.256. The zero-order valence-corrected chi connectivity index (χ0v) is 18.4. The van der Waals surface area contributed by atoms with E-state index in [1.165, 1.54) is 0 Å². The molecule has 1 aromatic carbocycles. The minimum absolute atomic E-state index is 0.0234. The third-order valence-corrected chi connectivity index (χ3v) is 6.67. The average molecular weight is 448 g/mol. The largest absolute Gasteiger partial charge is 0.368 e. The molecule has 2 fully saturated rings. The van der Waals surface area contributed by atoms with Crippen LogP contribution in [0.5, 0.6) is 0 Å². The van der Waals surface area contributed by atoms with E-state index in [1.54, 1.807) is 6.20 Å². The van der Waals surface area contributed by atoms with Crippen molar-refractivity contribution in [3.05, 3.63) is 63.9 Å². The number of hydrogen-bond acceptors (Lipinski definition) is 4. The molecule has 4 rings (SSSR count). The van der Waals surface area contributed by atoms with Crippen LogP contribution in [0.25, 0.3) is 0 Å². The predicted octanol–water partition coefficient (Wildman–Crippen LogP) is 4.64. The van der Waals surface area contributed by atoms with Crippen LogP contribution in [-0.4, -0.2) is 41.6 Å². The standard InChI is InChI=1S/C23H27Cl2N3O2/c24-18-9-8-16(13-19(18)25)14-28-11-3-5-17(15-28)22(20-6-1-2-10-26-20)27-23(29)21-7-4-12-30-21/h1-2,6,8-10,13,17,21-22H,3-5,7,11-12,14-15H2,(H,27,29)/t17-,21+,22-/m0/s1. The van der Waals surface area contributed by atoms with E-state index in [0.29, 0.717) is 16.7 Å². The average Bonchev–Trinajstić information content (AvgIpc) is 3.30. The number of nitrogens with one attached hydrogen (secondary N) is 1. The number of likely N-dealkylation sites (tertiary alicyclic amines) is 1. The van der Waals surface area contributed by atoms with Crippen LogP contribution >= 0.6 is 23.2 Å². The van der Waals surface area contributed by atoms with Crippen LogP contribution in [-0.2, 0) is 16.1 Å². The maximum absolute atomic E-state index is 12.8. The Kier molecular flexibility index (Phi) is 7.26. The molecule has 2 aliphatic heterocycles. The number of ether oxygens (including phenoxy) is 1. The van der Waals surface area contributed by atoms with Crippen LogP contribution < -0.4 is 5.32 Å². The van der Waals surface area contributed by atoms with Crippen molar-refractivity contribution < 1.29 is 9.53 Å². The first-order valence-electron chi connectivity index (χ1n) is 10.6. The van der Waals surface area contributed by atoms with Gasteiger partial charge in [-0.1, -0.05) is 35.3 Å². The maximum atomic E-state index is 12.8. The number of pyridine rings is 1. The van der Waals surface area contributed by atoms with Crippen molar-refractivity contribution in [2.24, 2.45) is 5.92 Å². The number of carbonyl (C=O) groups excluding carboxylic acids is 1. The number of piperidine rings is 1. The van der Waals surface area contributed by atoms with Gasteiger partial charge in [0.25, 0.3) is 0 Å². The van der Waals surface area contributed by atoms with Crippen molar-refractivity contribution >= 4 is 29.1 Å². The molecule has 1 N–H and O–H groups in total. The van der Waals surface area contributed by atoms with E-state index in [4.69, 9.17) is 27.9 Å². The molecule has 2 aromatic rings. The Morgan fingerprint density at radius 3 is 2.83 bits per heavy atom. The van der Waals surface area contributed by atoms with Crippen molar-refractivity contribution in [2.75, 3.05) is 19.7 Å². The molecule has 3 atom stereocenters. The van der Waals surface area contributed by atoms with Crippen molar-refractivity contribution in [3.8, 4) is 0 Å². The number of hydrogen-bond donors (Lipinski definition) is 1. The first kappa shape index (κ1) is 21.6. The highest BCUT2D eigenvalue weighted by Gasteiger charge is 2.33. The lowest BCUT2D eigenvalue weighted by Crippen LogP contribution is -2.45. The van der Waals surface area contributed by atoms with E-state index >= 15 is 0 Å². The van der Waals surface area contributed by atoms with Gasteiger partial charge in [0.05, 0.1) is 21.8 Å². The molecular weight excluding hydrogens is 421 g/mol. The fraction of sp³-hybridized carbons (Fsp3) is 0.478. The predicted molar refractivity (Wildman–Crippen MR) is 119 cm³/mol. The molecular formula is C23H27Cl2N3O2. The Morgan fingerprint density at radius 1 is 1.20 bits per heavy atom. The summed E-state index contributed by atoms with van der Waals surface area (Å²) in [6, 6.07) is 11.6. The van der Waals surface area contributed by atoms with E-state index in [0.717, 1.165) is 56.6 Å². The third kappa shape index (κ3) is 5.33. The Labute approximate surface area is 187 Å². The number of rotatable bonds is 6. The Balaban J connectivity index is 1.48. The van der Waals surface area contributed by atoms with E-state index in [1.807, 2.05) is 36.4 Å². The Morgan fingerprint density at radius 2 is 2.10 bits per heavy atom. The second kappa shape index (κ2) is 10.1. The second-order valence-corrected chi connectivity index (χ2v) is 8.94. The third-order valence-electron chi connectivity index (χ3n) is 5.93. The number of carbonyl (C=O) groups is 1. The van der Waals surface area contributed by atoms with Gasteiger partial charge in [-0.25, -0.2) is 0 Å². The fourth-order valence-corrected chi connectivity index (χ4v) is 4.75. The van der Waals surface area contributed by atoms with Crippen LogP contribution in [0.2, 0.25) is 10.0 Å². The molecule has 7 heteroatoms. The van der Waals surface area contributed by atoms with E-state index < -0.39 is 0 Å². The highest BCUT2D eigenvalue weighted by Crippen LogP contribution is 2.31. The first-order valence-corrected chi connectivity index (χ1v) is 11.3. The quantitative estimate of drug-likeness (QED) is 0.700. The highest BCUT2D eigenvalue weighted by molar-refractivity contribution is 6.42. The highest BCUT2D eigenvalue weighted by atomic mass is 35.5. The van der Waals surface area contributed by atoms with Gasteiger partial charge in [-0.3, -0.25) is 14.7 Å². The summed E-state index contributed by atoms with van der Waals surface area (Å²) in [5, 5.41) is 4.41. The van der Waals surface area contributed by atoms with Gasteiger partial charge in [0.2, 0.25) is 5.91 Å². The van der Waals surface area contributed by atoms with Crippen molar-refractivity contribution in [1.82, 2.24) is 15.2 Å². The number of halogens is 2. The molecule has 1 aromatic heterocycles. The molecule has 0 unspecified atom stereocenters. The lowest BCUT2D eigenvalue weighted by atomic mass is 9.88. The molecule has 30 heavy (non-hydrogen) atoms. The van der Waals surface area contributed by atoms with E-state index in [9.17, 15) is 4.79 Å². The zero-order valence-electron chi connectivity index (χ0n) is 16.9. The number of amides is 1. The molecule has 3 heterocycles. The first-order chi connectivity index (χ1) is 14.6. The van der Waals surface area contributed by atoms with Crippen LogP contribution in [0.3, 0.4) is 0 Å². The normalized spacial score (nSPS) is 23.3. The van der Waals surface area contributed by atoms with Gasteiger partial charge in [-0.15, -0.1) is 0 Å². The lowest BCUT2D eigenvalue weighted by molar-refractivity contribution is -0.131. The summed E-state index contributed by atoms with van der Waals surface area (Å²) in [4.78, 5) is 19.8.